The number of halogens is 1. The minimum Gasteiger partial charge on any atom is -0.466 e. The van der Waals surface area contributed by atoms with Crippen molar-refractivity contribution >= 4 is 33.1 Å². The predicted molar refractivity (Wildman–Crippen MR) is 118 cm³/mol. The number of hydrogen-bond acceptors (Lipinski definition) is 5. The molecule has 0 aliphatic heterocycles. The van der Waals surface area contributed by atoms with E-state index in [1.165, 1.54) is 11.6 Å². The van der Waals surface area contributed by atoms with Gasteiger partial charge in [-0.05, 0) is 31.0 Å². The molecule has 2 aromatic heterocycles. The number of imidazole rings is 1. The van der Waals surface area contributed by atoms with Crippen molar-refractivity contribution < 1.29 is 9.53 Å². The smallest absolute Gasteiger partial charge is 0.332 e. The molecule has 0 spiro atoms. The van der Waals surface area contributed by atoms with Gasteiger partial charge in [0.05, 0.1) is 12.5 Å². The van der Waals surface area contributed by atoms with E-state index >= 15 is 0 Å². The average molecular weight is 477 g/mol. The molecule has 0 saturated heterocycles. The van der Waals surface area contributed by atoms with Gasteiger partial charge in [-0.15, -0.1) is 0 Å². The summed E-state index contributed by atoms with van der Waals surface area (Å²) in [6.45, 7) is 4.35. The molecule has 2 heterocycles. The number of aryl methyl sites for hydroxylation is 2. The molecule has 0 aliphatic rings. The van der Waals surface area contributed by atoms with Crippen LogP contribution in [0.5, 0.6) is 0 Å². The summed E-state index contributed by atoms with van der Waals surface area (Å²) in [6, 6.07) is 7.80. The van der Waals surface area contributed by atoms with Gasteiger partial charge >= 0.3 is 11.7 Å². The molecule has 0 bridgehead atoms. The third kappa shape index (κ3) is 4.26. The number of fused-ring (bicyclic) bond motifs is 1. The highest BCUT2D eigenvalue weighted by Gasteiger charge is 2.21. The van der Waals surface area contributed by atoms with Crippen LogP contribution in [-0.4, -0.2) is 31.3 Å². The molecule has 1 atom stereocenters. The number of hydrogen-bond donors (Lipinski definition) is 0. The van der Waals surface area contributed by atoms with Gasteiger partial charge in [-0.2, -0.15) is 0 Å². The van der Waals surface area contributed by atoms with Crippen LogP contribution < -0.4 is 11.2 Å². The van der Waals surface area contributed by atoms with Crippen LogP contribution in [-0.2, 0) is 36.6 Å². The summed E-state index contributed by atoms with van der Waals surface area (Å²) >= 11 is 3.47. The fourth-order valence-electron chi connectivity index (χ4n) is 3.42. The van der Waals surface area contributed by atoms with Crippen molar-refractivity contribution in [3.05, 3.63) is 61.0 Å². The molecule has 3 aromatic rings. The highest BCUT2D eigenvalue weighted by atomic mass is 79.9. The molecular weight excluding hydrogens is 452 g/mol. The summed E-state index contributed by atoms with van der Waals surface area (Å²) in [4.78, 5) is 41.9. The van der Waals surface area contributed by atoms with Crippen LogP contribution in [0.15, 0.2) is 38.3 Å². The topological polar surface area (TPSA) is 88.1 Å². The minimum atomic E-state index is -0.425. The number of carbonyl (C=O) groups is 1. The lowest BCUT2D eigenvalue weighted by Gasteiger charge is -2.12. The Labute approximate surface area is 182 Å². The lowest BCUT2D eigenvalue weighted by atomic mass is 10.1. The Morgan fingerprint density at radius 1 is 1.23 bits per heavy atom. The summed E-state index contributed by atoms with van der Waals surface area (Å²) < 4.78 is 10.3. The monoisotopic (exact) mass is 476 g/mol. The van der Waals surface area contributed by atoms with E-state index in [-0.39, 0.29) is 17.4 Å². The maximum atomic E-state index is 12.9. The first-order valence-corrected chi connectivity index (χ1v) is 10.6. The number of rotatable bonds is 7. The van der Waals surface area contributed by atoms with Crippen molar-refractivity contribution in [1.82, 2.24) is 18.7 Å². The number of aromatic nitrogens is 4. The Balaban J connectivity index is 2.09. The molecule has 0 radical (unpaired) electrons. The van der Waals surface area contributed by atoms with Gasteiger partial charge in [-0.3, -0.25) is 18.7 Å². The molecule has 1 aromatic carbocycles. The lowest BCUT2D eigenvalue weighted by Crippen LogP contribution is -2.37. The second-order valence-corrected chi connectivity index (χ2v) is 8.23. The highest BCUT2D eigenvalue weighted by Crippen LogP contribution is 2.19. The fourth-order valence-corrected chi connectivity index (χ4v) is 3.87. The van der Waals surface area contributed by atoms with Crippen LogP contribution in [0.2, 0.25) is 0 Å². The van der Waals surface area contributed by atoms with E-state index in [2.05, 4.69) is 20.9 Å². The van der Waals surface area contributed by atoms with Crippen molar-refractivity contribution in [3.63, 3.8) is 0 Å². The average Bonchev–Trinajstić information content (AvgIpc) is 3.07. The Hall–Kier alpha value is -2.68. The fraction of sp³-hybridized carbons (Fsp3) is 0.429. The molecule has 3 rings (SSSR count). The number of esters is 1. The zero-order valence-electron chi connectivity index (χ0n) is 17.5. The van der Waals surface area contributed by atoms with E-state index in [1.54, 1.807) is 14.0 Å². The van der Waals surface area contributed by atoms with Crippen molar-refractivity contribution in [2.75, 3.05) is 6.61 Å². The van der Waals surface area contributed by atoms with E-state index in [0.717, 1.165) is 14.6 Å². The SMILES string of the molecule is CCOC(=O)C(C)CCc1nc2c(c(=O)n(C)c(=O)n2C)n1Cc1cccc(Br)c1. The molecule has 0 N–H and O–H groups in total. The van der Waals surface area contributed by atoms with E-state index in [4.69, 9.17) is 4.74 Å². The van der Waals surface area contributed by atoms with E-state index in [1.807, 2.05) is 35.8 Å². The van der Waals surface area contributed by atoms with Crippen molar-refractivity contribution in [1.29, 1.82) is 0 Å². The molecule has 9 heteroatoms. The zero-order valence-corrected chi connectivity index (χ0v) is 19.1. The Morgan fingerprint density at radius 3 is 2.63 bits per heavy atom. The first kappa shape index (κ1) is 22.0. The Morgan fingerprint density at radius 2 is 1.97 bits per heavy atom. The van der Waals surface area contributed by atoms with Gasteiger partial charge in [0.15, 0.2) is 11.2 Å². The molecule has 30 heavy (non-hydrogen) atoms. The second kappa shape index (κ2) is 8.99. The summed E-state index contributed by atoms with van der Waals surface area (Å²) in [5.74, 6) is 0.102. The van der Waals surface area contributed by atoms with Gasteiger partial charge in [-0.25, -0.2) is 9.78 Å². The zero-order chi connectivity index (χ0) is 22.0. The summed E-state index contributed by atoms with van der Waals surface area (Å²) in [7, 11) is 3.06. The summed E-state index contributed by atoms with van der Waals surface area (Å²) in [6.07, 6.45) is 0.995. The van der Waals surface area contributed by atoms with Gasteiger partial charge in [0.25, 0.3) is 5.56 Å². The van der Waals surface area contributed by atoms with E-state index < -0.39 is 5.69 Å². The lowest BCUT2D eigenvalue weighted by molar-refractivity contribution is -0.147. The van der Waals surface area contributed by atoms with Crippen molar-refractivity contribution in [2.24, 2.45) is 20.0 Å². The van der Waals surface area contributed by atoms with Crippen LogP contribution in [0.1, 0.15) is 31.7 Å². The number of carbonyl (C=O) groups excluding carboxylic acids is 1. The third-order valence-corrected chi connectivity index (χ3v) is 5.64. The number of nitrogens with zero attached hydrogens (tertiary/aromatic N) is 4. The van der Waals surface area contributed by atoms with Crippen LogP contribution in [0.4, 0.5) is 0 Å². The van der Waals surface area contributed by atoms with Crippen LogP contribution >= 0.6 is 15.9 Å². The van der Waals surface area contributed by atoms with Crippen LogP contribution in [0.25, 0.3) is 11.2 Å². The third-order valence-electron chi connectivity index (χ3n) is 5.15. The maximum Gasteiger partial charge on any atom is 0.332 e. The highest BCUT2D eigenvalue weighted by molar-refractivity contribution is 9.10. The minimum absolute atomic E-state index is 0.254. The van der Waals surface area contributed by atoms with E-state index in [9.17, 15) is 14.4 Å². The molecule has 1 unspecified atom stereocenters. The first-order chi connectivity index (χ1) is 14.2. The Kier molecular flexibility index (Phi) is 6.60. The summed E-state index contributed by atoms with van der Waals surface area (Å²) in [5, 5.41) is 0. The number of benzene rings is 1. The summed E-state index contributed by atoms with van der Waals surface area (Å²) in [5.41, 5.74) is 0.890. The van der Waals surface area contributed by atoms with Crippen molar-refractivity contribution in [2.45, 2.75) is 33.2 Å². The van der Waals surface area contributed by atoms with Gasteiger partial charge in [0.1, 0.15) is 5.82 Å². The number of ether oxygens (including phenoxy) is 1. The van der Waals surface area contributed by atoms with Crippen LogP contribution in [0.3, 0.4) is 0 Å². The quantitative estimate of drug-likeness (QED) is 0.488. The molecule has 0 fully saturated rings. The molecule has 0 saturated carbocycles. The molecule has 0 amide bonds. The maximum absolute atomic E-state index is 12.9. The molecular formula is C21H25BrN4O4. The molecule has 0 aliphatic carbocycles. The standard InChI is InChI=1S/C21H25BrN4O4/c1-5-30-20(28)13(2)9-10-16-23-18-17(19(27)25(4)21(29)24(18)3)26(16)12-14-7-6-8-15(22)11-14/h6-8,11,13H,5,9-10,12H2,1-4H3. The van der Waals surface area contributed by atoms with Gasteiger partial charge < -0.3 is 9.30 Å². The normalized spacial score (nSPS) is 12.3. The van der Waals surface area contributed by atoms with Gasteiger partial charge in [0.2, 0.25) is 0 Å². The van der Waals surface area contributed by atoms with E-state index in [0.29, 0.717) is 43.0 Å². The first-order valence-electron chi connectivity index (χ1n) is 9.80. The predicted octanol–water partition coefficient (Wildman–Crippen LogP) is 2.38. The molecule has 8 nitrogen and oxygen atoms in total. The van der Waals surface area contributed by atoms with Crippen molar-refractivity contribution in [3.8, 4) is 0 Å². The van der Waals surface area contributed by atoms with Crippen LogP contribution in [0, 0.1) is 5.92 Å². The van der Waals surface area contributed by atoms with Gasteiger partial charge in [0, 0.05) is 31.5 Å². The molecule has 160 valence electrons. The second-order valence-electron chi connectivity index (χ2n) is 7.31. The van der Waals surface area contributed by atoms with Gasteiger partial charge in [-0.1, -0.05) is 35.0 Å². The largest absolute Gasteiger partial charge is 0.466 e. The Bertz CT molecular complexity index is 1210.